The van der Waals surface area contributed by atoms with Crippen LogP contribution in [0.3, 0.4) is 0 Å². The van der Waals surface area contributed by atoms with E-state index in [1.165, 1.54) is 7.11 Å². The lowest BCUT2D eigenvalue weighted by atomic mass is 10.0. The van der Waals surface area contributed by atoms with Crippen molar-refractivity contribution in [1.29, 1.82) is 0 Å². The number of ether oxygens (including phenoxy) is 2. The van der Waals surface area contributed by atoms with Gasteiger partial charge >= 0.3 is 5.97 Å². The van der Waals surface area contributed by atoms with Crippen molar-refractivity contribution < 1.29 is 14.3 Å². The summed E-state index contributed by atoms with van der Waals surface area (Å²) < 4.78 is 10.5. The first-order valence-corrected chi connectivity index (χ1v) is 6.81. The molecule has 0 amide bonds. The van der Waals surface area contributed by atoms with E-state index in [-0.39, 0.29) is 12.0 Å². The molecule has 1 heterocycles. The number of rotatable bonds is 5. The molecule has 0 aliphatic carbocycles. The van der Waals surface area contributed by atoms with Crippen LogP contribution in [-0.2, 0) is 9.53 Å². The average Bonchev–Trinajstić information content (AvgIpc) is 2.48. The number of carbonyl (C=O) groups excluding carboxylic acids is 1. The first kappa shape index (κ1) is 13.9. The van der Waals surface area contributed by atoms with Crippen molar-refractivity contribution in [2.75, 3.05) is 26.8 Å². The SMILES string of the molecule is COC(=O)C1CCCCN1CCOc1ccccc1. The van der Waals surface area contributed by atoms with Gasteiger partial charge in [0, 0.05) is 6.54 Å². The van der Waals surface area contributed by atoms with Gasteiger partial charge in [0.1, 0.15) is 18.4 Å². The molecule has 0 saturated carbocycles. The molecule has 1 atom stereocenters. The van der Waals surface area contributed by atoms with Crippen LogP contribution in [0.5, 0.6) is 5.75 Å². The summed E-state index contributed by atoms with van der Waals surface area (Å²) in [6, 6.07) is 9.64. The molecular formula is C15H21NO3. The zero-order valence-electron chi connectivity index (χ0n) is 11.4. The molecule has 2 rings (SSSR count). The fourth-order valence-corrected chi connectivity index (χ4v) is 2.46. The number of methoxy groups -OCH3 is 1. The minimum atomic E-state index is -0.126. The summed E-state index contributed by atoms with van der Waals surface area (Å²) in [7, 11) is 1.45. The average molecular weight is 263 g/mol. The van der Waals surface area contributed by atoms with Crippen molar-refractivity contribution in [1.82, 2.24) is 4.90 Å². The van der Waals surface area contributed by atoms with Crippen molar-refractivity contribution in [3.8, 4) is 5.75 Å². The third-order valence-corrected chi connectivity index (χ3v) is 3.48. The summed E-state index contributed by atoms with van der Waals surface area (Å²) in [4.78, 5) is 13.9. The van der Waals surface area contributed by atoms with Gasteiger partial charge in [-0.25, -0.2) is 0 Å². The van der Waals surface area contributed by atoms with Crippen molar-refractivity contribution in [3.05, 3.63) is 30.3 Å². The molecule has 1 saturated heterocycles. The zero-order chi connectivity index (χ0) is 13.5. The molecule has 0 aromatic heterocycles. The third kappa shape index (κ3) is 3.96. The van der Waals surface area contributed by atoms with Gasteiger partial charge < -0.3 is 9.47 Å². The molecule has 104 valence electrons. The fraction of sp³-hybridized carbons (Fsp3) is 0.533. The zero-order valence-corrected chi connectivity index (χ0v) is 11.4. The topological polar surface area (TPSA) is 38.8 Å². The van der Waals surface area contributed by atoms with E-state index in [0.717, 1.165) is 38.1 Å². The molecule has 4 heteroatoms. The Hall–Kier alpha value is -1.55. The second-order valence-electron chi connectivity index (χ2n) is 4.73. The van der Waals surface area contributed by atoms with Crippen molar-refractivity contribution in [3.63, 3.8) is 0 Å². The molecule has 1 aromatic carbocycles. The normalized spacial score (nSPS) is 19.9. The Morgan fingerprint density at radius 3 is 2.84 bits per heavy atom. The van der Waals surface area contributed by atoms with E-state index in [1.807, 2.05) is 30.3 Å². The molecule has 1 aliphatic rings. The van der Waals surface area contributed by atoms with E-state index in [2.05, 4.69) is 4.90 Å². The Kier molecular flexibility index (Phi) is 5.21. The highest BCUT2D eigenvalue weighted by molar-refractivity contribution is 5.75. The number of nitrogens with zero attached hydrogens (tertiary/aromatic N) is 1. The molecule has 0 spiro atoms. The number of likely N-dealkylation sites (tertiary alicyclic amines) is 1. The highest BCUT2D eigenvalue weighted by atomic mass is 16.5. The van der Waals surface area contributed by atoms with Gasteiger partial charge in [0.05, 0.1) is 7.11 Å². The maximum Gasteiger partial charge on any atom is 0.323 e. The van der Waals surface area contributed by atoms with Crippen molar-refractivity contribution >= 4 is 5.97 Å². The number of benzene rings is 1. The molecule has 0 N–H and O–H groups in total. The van der Waals surface area contributed by atoms with Crippen molar-refractivity contribution in [2.45, 2.75) is 25.3 Å². The maximum absolute atomic E-state index is 11.7. The molecule has 1 aliphatic heterocycles. The first-order valence-electron chi connectivity index (χ1n) is 6.81. The Morgan fingerprint density at radius 2 is 2.11 bits per heavy atom. The van der Waals surface area contributed by atoms with Gasteiger partial charge in [-0.05, 0) is 31.5 Å². The Morgan fingerprint density at radius 1 is 1.32 bits per heavy atom. The van der Waals surface area contributed by atoms with Gasteiger partial charge in [-0.2, -0.15) is 0 Å². The van der Waals surface area contributed by atoms with Gasteiger partial charge in [0.25, 0.3) is 0 Å². The summed E-state index contributed by atoms with van der Waals surface area (Å²) >= 11 is 0. The van der Waals surface area contributed by atoms with Crippen LogP contribution in [-0.4, -0.2) is 43.7 Å². The fourth-order valence-electron chi connectivity index (χ4n) is 2.46. The van der Waals surface area contributed by atoms with Gasteiger partial charge in [-0.15, -0.1) is 0 Å². The predicted molar refractivity (Wildman–Crippen MR) is 73.2 cm³/mol. The predicted octanol–water partition coefficient (Wildman–Crippen LogP) is 2.09. The smallest absolute Gasteiger partial charge is 0.323 e. The van der Waals surface area contributed by atoms with Gasteiger partial charge in [-0.1, -0.05) is 24.6 Å². The van der Waals surface area contributed by atoms with Crippen molar-refractivity contribution in [2.24, 2.45) is 0 Å². The lowest BCUT2D eigenvalue weighted by Gasteiger charge is -2.33. The van der Waals surface area contributed by atoms with Crippen LogP contribution >= 0.6 is 0 Å². The van der Waals surface area contributed by atoms with Gasteiger partial charge in [0.15, 0.2) is 0 Å². The second-order valence-corrected chi connectivity index (χ2v) is 4.73. The van der Waals surface area contributed by atoms with Crippen LogP contribution in [0.1, 0.15) is 19.3 Å². The molecule has 0 bridgehead atoms. The minimum absolute atomic E-state index is 0.0990. The second kappa shape index (κ2) is 7.14. The summed E-state index contributed by atoms with van der Waals surface area (Å²) in [5.74, 6) is 0.744. The lowest BCUT2D eigenvalue weighted by Crippen LogP contribution is -2.46. The highest BCUT2D eigenvalue weighted by Gasteiger charge is 2.28. The van der Waals surface area contributed by atoms with Crippen LogP contribution in [0.25, 0.3) is 0 Å². The summed E-state index contributed by atoms with van der Waals surface area (Å²) in [6.45, 7) is 2.30. The summed E-state index contributed by atoms with van der Waals surface area (Å²) in [6.07, 6.45) is 3.12. The van der Waals surface area contributed by atoms with Crippen LogP contribution < -0.4 is 4.74 Å². The molecule has 1 unspecified atom stereocenters. The Bertz CT molecular complexity index is 394. The van der Waals surface area contributed by atoms with E-state index >= 15 is 0 Å². The summed E-state index contributed by atoms with van der Waals surface area (Å²) in [5.41, 5.74) is 0. The highest BCUT2D eigenvalue weighted by Crippen LogP contribution is 2.18. The molecule has 4 nitrogen and oxygen atoms in total. The summed E-state index contributed by atoms with van der Waals surface area (Å²) in [5, 5.41) is 0. The van der Waals surface area contributed by atoms with Crippen LogP contribution in [0.4, 0.5) is 0 Å². The van der Waals surface area contributed by atoms with Gasteiger partial charge in [-0.3, -0.25) is 9.69 Å². The van der Waals surface area contributed by atoms with Crippen LogP contribution in [0, 0.1) is 0 Å². The third-order valence-electron chi connectivity index (χ3n) is 3.48. The number of hydrogen-bond donors (Lipinski definition) is 0. The van der Waals surface area contributed by atoms with E-state index in [1.54, 1.807) is 0 Å². The molecular weight excluding hydrogens is 242 g/mol. The van der Waals surface area contributed by atoms with Crippen LogP contribution in [0.2, 0.25) is 0 Å². The molecule has 19 heavy (non-hydrogen) atoms. The van der Waals surface area contributed by atoms with E-state index in [4.69, 9.17) is 9.47 Å². The number of esters is 1. The lowest BCUT2D eigenvalue weighted by molar-refractivity contribution is -0.148. The monoisotopic (exact) mass is 263 g/mol. The molecule has 1 fully saturated rings. The van der Waals surface area contributed by atoms with E-state index in [0.29, 0.717) is 6.61 Å². The Labute approximate surface area is 114 Å². The number of para-hydroxylation sites is 1. The molecule has 0 radical (unpaired) electrons. The quantitative estimate of drug-likeness (QED) is 0.763. The van der Waals surface area contributed by atoms with E-state index < -0.39 is 0 Å². The number of carbonyl (C=O) groups is 1. The number of hydrogen-bond acceptors (Lipinski definition) is 4. The number of piperidine rings is 1. The standard InChI is InChI=1S/C15H21NO3/c1-18-15(17)14-9-5-6-10-16(14)11-12-19-13-7-3-2-4-8-13/h2-4,7-8,14H,5-6,9-12H2,1H3. The largest absolute Gasteiger partial charge is 0.492 e. The maximum atomic E-state index is 11.7. The van der Waals surface area contributed by atoms with Crippen LogP contribution in [0.15, 0.2) is 30.3 Å². The minimum Gasteiger partial charge on any atom is -0.492 e. The van der Waals surface area contributed by atoms with Gasteiger partial charge in [0.2, 0.25) is 0 Å². The van der Waals surface area contributed by atoms with E-state index in [9.17, 15) is 4.79 Å². The Balaban J connectivity index is 1.81. The first-order chi connectivity index (χ1) is 9.31. The molecule has 1 aromatic rings.